The predicted octanol–water partition coefficient (Wildman–Crippen LogP) is 2.49. The monoisotopic (exact) mass is 518 g/mol. The molecule has 0 spiro atoms. The number of cyclic esters (lactones) is 1. The number of H-pyrrole nitrogens is 1. The van der Waals surface area contributed by atoms with Gasteiger partial charge in [-0.25, -0.2) is 9.59 Å². The van der Waals surface area contributed by atoms with E-state index in [0.29, 0.717) is 10.8 Å². The van der Waals surface area contributed by atoms with Crippen LogP contribution in [0.3, 0.4) is 0 Å². The number of benzene rings is 2. The first-order valence-electron chi connectivity index (χ1n) is 11.0. The van der Waals surface area contributed by atoms with Gasteiger partial charge in [-0.05, 0) is 11.1 Å². The van der Waals surface area contributed by atoms with Crippen LogP contribution in [0, 0.1) is 0 Å². The fourth-order valence-corrected chi connectivity index (χ4v) is 3.59. The molecule has 2 heterocycles. The Morgan fingerprint density at radius 3 is 2.08 bits per heavy atom. The number of carbonyl (C=O) groups is 1. The molecule has 0 unspecified atom stereocenters. The van der Waals surface area contributed by atoms with E-state index in [4.69, 9.17) is 14.2 Å². The van der Waals surface area contributed by atoms with Gasteiger partial charge < -0.3 is 19.3 Å². The third kappa shape index (κ3) is 6.09. The number of aliphatic hydroxyl groups is 1. The summed E-state index contributed by atoms with van der Waals surface area (Å²) in [7, 11) is 0. The lowest BCUT2D eigenvalue weighted by atomic mass is 10.1. The van der Waals surface area contributed by atoms with E-state index in [2.05, 4.69) is 0 Å². The van der Waals surface area contributed by atoms with E-state index in [1.54, 1.807) is 65.6 Å². The Balaban J connectivity index is 1.61. The summed E-state index contributed by atoms with van der Waals surface area (Å²) in [5.74, 6) is -1.44. The van der Waals surface area contributed by atoms with Gasteiger partial charge in [-0.15, -0.1) is 0 Å². The van der Waals surface area contributed by atoms with Crippen molar-refractivity contribution in [2.24, 2.45) is 0 Å². The molecule has 4 rings (SSSR count). The minimum atomic E-state index is -5.03. The third-order valence-electron chi connectivity index (χ3n) is 5.41. The highest BCUT2D eigenvalue weighted by atomic mass is 19.4. The van der Waals surface area contributed by atoms with Gasteiger partial charge >= 0.3 is 17.8 Å². The van der Waals surface area contributed by atoms with Gasteiger partial charge in [0.15, 0.2) is 11.9 Å². The predicted molar refractivity (Wildman–Crippen MR) is 122 cm³/mol. The van der Waals surface area contributed by atoms with Crippen LogP contribution in [0.15, 0.2) is 88.0 Å². The summed E-state index contributed by atoms with van der Waals surface area (Å²) in [6.45, 7) is -0.813. The van der Waals surface area contributed by atoms with Crippen LogP contribution < -0.4 is 11.2 Å². The molecule has 9 nitrogen and oxygen atoms in total. The quantitative estimate of drug-likeness (QED) is 0.418. The van der Waals surface area contributed by atoms with Gasteiger partial charge in [0, 0.05) is 6.20 Å². The van der Waals surface area contributed by atoms with Crippen molar-refractivity contribution in [3.05, 3.63) is 116 Å². The molecule has 0 saturated heterocycles. The van der Waals surface area contributed by atoms with Crippen molar-refractivity contribution in [3.63, 3.8) is 0 Å². The van der Waals surface area contributed by atoms with Crippen LogP contribution >= 0.6 is 0 Å². The summed E-state index contributed by atoms with van der Waals surface area (Å²) >= 11 is 0. The fourth-order valence-electron chi connectivity index (χ4n) is 3.59. The van der Waals surface area contributed by atoms with Crippen molar-refractivity contribution in [3.8, 4) is 0 Å². The van der Waals surface area contributed by atoms with Crippen LogP contribution in [0.4, 0.5) is 13.2 Å². The molecule has 194 valence electrons. The zero-order valence-electron chi connectivity index (χ0n) is 19.1. The van der Waals surface area contributed by atoms with Gasteiger partial charge in [-0.3, -0.25) is 14.3 Å². The number of aromatic amines is 1. The molecule has 0 radical (unpaired) electrons. The van der Waals surface area contributed by atoms with Crippen molar-refractivity contribution < 1.29 is 37.3 Å². The van der Waals surface area contributed by atoms with Gasteiger partial charge in [-0.2, -0.15) is 13.2 Å². The van der Waals surface area contributed by atoms with E-state index in [9.17, 15) is 32.7 Å². The van der Waals surface area contributed by atoms with Gasteiger partial charge in [0.25, 0.3) is 5.56 Å². The van der Waals surface area contributed by atoms with Crippen LogP contribution in [-0.2, 0) is 44.9 Å². The van der Waals surface area contributed by atoms with Crippen LogP contribution in [0.25, 0.3) is 0 Å². The van der Waals surface area contributed by atoms with E-state index in [1.165, 1.54) is 0 Å². The first kappa shape index (κ1) is 25.8. The number of hydrogen-bond donors (Lipinski definition) is 2. The maximum absolute atomic E-state index is 13.1. The van der Waals surface area contributed by atoms with Gasteiger partial charge in [-0.1, -0.05) is 60.7 Å². The molecular formula is C25H21F3N2O7. The zero-order chi connectivity index (χ0) is 26.6. The number of halogens is 3. The molecule has 0 amide bonds. The van der Waals surface area contributed by atoms with E-state index in [-0.39, 0.29) is 24.7 Å². The SMILES string of the molecule is O=C1O[C@H]([C@@H](O)Cn2cc(C(F)(F)F)c(=O)[nH]c2=O)C(OCc2ccccc2)=C1OCc1ccccc1. The lowest BCUT2D eigenvalue weighted by Gasteiger charge is -2.21. The first-order valence-corrected chi connectivity index (χ1v) is 11.0. The lowest BCUT2D eigenvalue weighted by molar-refractivity contribution is -0.148. The fraction of sp³-hybridized carbons (Fsp3) is 0.240. The van der Waals surface area contributed by atoms with Crippen molar-refractivity contribution in [2.45, 2.75) is 38.1 Å². The number of alkyl halides is 3. The number of esters is 1. The molecule has 0 aliphatic carbocycles. The molecule has 1 aliphatic heterocycles. The van der Waals surface area contributed by atoms with E-state index in [0.717, 1.165) is 11.1 Å². The van der Waals surface area contributed by atoms with Gasteiger partial charge in [0.2, 0.25) is 5.76 Å². The van der Waals surface area contributed by atoms with Crippen LogP contribution in [0.1, 0.15) is 16.7 Å². The Labute approximate surface area is 207 Å². The van der Waals surface area contributed by atoms with Crippen molar-refractivity contribution in [1.82, 2.24) is 9.55 Å². The number of nitrogens with zero attached hydrogens (tertiary/aromatic N) is 1. The molecule has 37 heavy (non-hydrogen) atoms. The molecule has 12 heteroatoms. The van der Waals surface area contributed by atoms with E-state index in [1.807, 2.05) is 0 Å². The number of hydrogen-bond acceptors (Lipinski definition) is 7. The molecule has 0 saturated carbocycles. The highest BCUT2D eigenvalue weighted by Crippen LogP contribution is 2.30. The number of ether oxygens (including phenoxy) is 3. The number of aliphatic hydroxyl groups excluding tert-OH is 1. The average molecular weight is 518 g/mol. The highest BCUT2D eigenvalue weighted by molar-refractivity contribution is 5.89. The van der Waals surface area contributed by atoms with E-state index < -0.39 is 47.7 Å². The first-order chi connectivity index (χ1) is 17.6. The molecule has 2 atom stereocenters. The molecule has 0 fully saturated rings. The average Bonchev–Trinajstić information content (AvgIpc) is 3.18. The molecule has 3 aromatic rings. The Morgan fingerprint density at radius 2 is 1.51 bits per heavy atom. The second kappa shape index (κ2) is 10.7. The maximum Gasteiger partial charge on any atom is 0.423 e. The Bertz CT molecular complexity index is 1400. The normalized spacial score (nSPS) is 16.4. The van der Waals surface area contributed by atoms with Crippen molar-refractivity contribution >= 4 is 5.97 Å². The largest absolute Gasteiger partial charge is 0.485 e. The smallest absolute Gasteiger partial charge is 0.423 e. The number of rotatable bonds is 9. The summed E-state index contributed by atoms with van der Waals surface area (Å²) in [6.07, 6.45) is -7.95. The Morgan fingerprint density at radius 1 is 0.946 bits per heavy atom. The summed E-state index contributed by atoms with van der Waals surface area (Å²) in [5, 5.41) is 10.8. The van der Waals surface area contributed by atoms with Crippen molar-refractivity contribution in [2.75, 3.05) is 0 Å². The summed E-state index contributed by atoms with van der Waals surface area (Å²) in [5.41, 5.74) is -2.97. The van der Waals surface area contributed by atoms with Gasteiger partial charge in [0.05, 0.1) is 6.54 Å². The summed E-state index contributed by atoms with van der Waals surface area (Å²) < 4.78 is 56.5. The topological polar surface area (TPSA) is 120 Å². The third-order valence-corrected chi connectivity index (χ3v) is 5.41. The zero-order valence-corrected chi connectivity index (χ0v) is 19.1. The minimum Gasteiger partial charge on any atom is -0.485 e. The second-order valence-corrected chi connectivity index (χ2v) is 8.09. The molecule has 2 aromatic carbocycles. The molecule has 0 bridgehead atoms. The minimum absolute atomic E-state index is 0.0272. The molecule has 1 aliphatic rings. The van der Waals surface area contributed by atoms with Crippen molar-refractivity contribution in [1.29, 1.82) is 0 Å². The number of nitrogens with one attached hydrogen (secondary N) is 1. The van der Waals surface area contributed by atoms with Gasteiger partial charge in [0.1, 0.15) is 24.9 Å². The number of carbonyl (C=O) groups excluding carboxylic acids is 1. The molecule has 2 N–H and O–H groups in total. The molecular weight excluding hydrogens is 497 g/mol. The number of aromatic nitrogens is 2. The standard InChI is InChI=1S/C25H21F3N2O7/c26-25(27,28)17-11-30(24(34)29-22(17)32)12-18(31)19-20(35-13-15-7-3-1-4-8-15)21(23(33)37-19)36-14-16-9-5-2-6-10-16/h1-11,18-19,31H,12-14H2,(H,29,32,34)/t18-,19+/m0/s1. The Hall–Kier alpha value is -4.32. The second-order valence-electron chi connectivity index (χ2n) is 8.09. The van der Waals surface area contributed by atoms with Crippen LogP contribution in [0.5, 0.6) is 0 Å². The molecule has 1 aromatic heterocycles. The van der Waals surface area contributed by atoms with Crippen LogP contribution in [0.2, 0.25) is 0 Å². The van der Waals surface area contributed by atoms with E-state index >= 15 is 0 Å². The summed E-state index contributed by atoms with van der Waals surface area (Å²) in [4.78, 5) is 37.9. The highest BCUT2D eigenvalue weighted by Gasteiger charge is 2.43. The summed E-state index contributed by atoms with van der Waals surface area (Å²) in [6, 6.07) is 17.7. The Kier molecular flexibility index (Phi) is 7.48. The lowest BCUT2D eigenvalue weighted by Crippen LogP contribution is -2.40. The van der Waals surface area contributed by atoms with Crippen LogP contribution in [-0.4, -0.2) is 32.8 Å². The maximum atomic E-state index is 13.1.